The van der Waals surface area contributed by atoms with Gasteiger partial charge >= 0.3 is 5.97 Å². The molecular weight excluding hydrogens is 306 g/mol. The van der Waals surface area contributed by atoms with Gasteiger partial charge in [0.05, 0.1) is 13.0 Å². The molecule has 2 aromatic rings. The van der Waals surface area contributed by atoms with Crippen molar-refractivity contribution >= 4 is 11.8 Å². The summed E-state index contributed by atoms with van der Waals surface area (Å²) in [6.07, 6.45) is 0. The third-order valence-corrected chi connectivity index (χ3v) is 4.42. The van der Waals surface area contributed by atoms with Gasteiger partial charge in [-0.25, -0.2) is 9.97 Å². The van der Waals surface area contributed by atoms with E-state index in [0.717, 1.165) is 17.1 Å². The molecule has 1 saturated heterocycles. The number of nitrogens with zero attached hydrogens (tertiary/aromatic N) is 3. The van der Waals surface area contributed by atoms with Crippen LogP contribution in [0.5, 0.6) is 5.75 Å². The van der Waals surface area contributed by atoms with Crippen LogP contribution in [0.25, 0.3) is 0 Å². The predicted octanol–water partition coefficient (Wildman–Crippen LogP) is 2.19. The van der Waals surface area contributed by atoms with Crippen LogP contribution in [-0.2, 0) is 9.53 Å². The lowest BCUT2D eigenvalue weighted by Crippen LogP contribution is -2.25. The summed E-state index contributed by atoms with van der Waals surface area (Å²) in [6.45, 7) is 5.01. The minimum Gasteiger partial charge on any atom is -0.508 e. The highest BCUT2D eigenvalue weighted by molar-refractivity contribution is 5.75. The normalized spacial score (nSPS) is 20.2. The molecule has 0 amide bonds. The largest absolute Gasteiger partial charge is 0.508 e. The Balaban J connectivity index is 1.92. The fourth-order valence-electron chi connectivity index (χ4n) is 3.30. The molecule has 24 heavy (non-hydrogen) atoms. The van der Waals surface area contributed by atoms with Crippen LogP contribution in [0.15, 0.2) is 30.3 Å². The number of carbonyl (C=O) groups is 1. The van der Waals surface area contributed by atoms with Crippen molar-refractivity contribution in [3.8, 4) is 5.75 Å². The van der Waals surface area contributed by atoms with Crippen molar-refractivity contribution in [2.24, 2.45) is 5.92 Å². The number of methoxy groups -OCH3 is 1. The number of benzene rings is 1. The lowest BCUT2D eigenvalue weighted by Gasteiger charge is -2.18. The Bertz CT molecular complexity index is 725. The van der Waals surface area contributed by atoms with Crippen molar-refractivity contribution in [2.75, 3.05) is 25.1 Å². The molecule has 1 aromatic heterocycles. The smallest absolute Gasteiger partial charge is 0.311 e. The number of aromatic hydroxyl groups is 1. The molecule has 1 aliphatic rings. The summed E-state index contributed by atoms with van der Waals surface area (Å²) in [5.74, 6) is 1.26. The lowest BCUT2D eigenvalue weighted by molar-refractivity contribution is -0.145. The van der Waals surface area contributed by atoms with Gasteiger partial charge in [-0.1, -0.05) is 12.1 Å². The average molecular weight is 327 g/mol. The molecular formula is C18H21N3O3. The van der Waals surface area contributed by atoms with Gasteiger partial charge in [0, 0.05) is 30.8 Å². The molecule has 1 aliphatic heterocycles. The maximum absolute atomic E-state index is 12.2. The summed E-state index contributed by atoms with van der Waals surface area (Å²) in [5.41, 5.74) is 1.91. The van der Waals surface area contributed by atoms with Gasteiger partial charge in [-0.15, -0.1) is 0 Å². The summed E-state index contributed by atoms with van der Waals surface area (Å²) in [7, 11) is 1.41. The fraction of sp³-hybridized carbons (Fsp3) is 0.389. The first-order valence-electron chi connectivity index (χ1n) is 7.92. The molecule has 0 spiro atoms. The van der Waals surface area contributed by atoms with E-state index in [9.17, 15) is 9.90 Å². The number of anilines is 1. The second-order valence-corrected chi connectivity index (χ2v) is 6.15. The van der Waals surface area contributed by atoms with E-state index < -0.39 is 0 Å². The Morgan fingerprint density at radius 2 is 1.92 bits per heavy atom. The number of ether oxygens (including phenoxy) is 1. The minimum absolute atomic E-state index is 0.00590. The molecule has 6 nitrogen and oxygen atoms in total. The summed E-state index contributed by atoms with van der Waals surface area (Å²) in [6, 6.07) is 8.93. The molecule has 0 saturated carbocycles. The number of phenols is 1. The molecule has 2 heterocycles. The molecule has 0 aliphatic carbocycles. The maximum atomic E-state index is 12.2. The molecule has 1 aromatic carbocycles. The van der Waals surface area contributed by atoms with Crippen molar-refractivity contribution in [1.29, 1.82) is 0 Å². The van der Waals surface area contributed by atoms with Crippen molar-refractivity contribution in [1.82, 2.24) is 9.97 Å². The summed E-state index contributed by atoms with van der Waals surface area (Å²) >= 11 is 0. The number of phenolic OH excluding ortho intramolecular Hbond substituents is 1. The maximum Gasteiger partial charge on any atom is 0.311 e. The van der Waals surface area contributed by atoms with E-state index in [0.29, 0.717) is 18.9 Å². The van der Waals surface area contributed by atoms with Gasteiger partial charge in [0.1, 0.15) is 17.4 Å². The highest BCUT2D eigenvalue weighted by atomic mass is 16.5. The molecule has 2 atom stereocenters. The number of rotatable bonds is 3. The molecule has 0 unspecified atom stereocenters. The number of esters is 1. The van der Waals surface area contributed by atoms with Crippen LogP contribution in [0.4, 0.5) is 5.82 Å². The van der Waals surface area contributed by atoms with Crippen LogP contribution in [-0.4, -0.2) is 41.2 Å². The van der Waals surface area contributed by atoms with Gasteiger partial charge in [0.25, 0.3) is 0 Å². The van der Waals surface area contributed by atoms with E-state index in [1.807, 2.05) is 32.0 Å². The first-order valence-corrected chi connectivity index (χ1v) is 7.92. The van der Waals surface area contributed by atoms with Crippen LogP contribution < -0.4 is 4.90 Å². The van der Waals surface area contributed by atoms with E-state index in [-0.39, 0.29) is 23.6 Å². The first kappa shape index (κ1) is 16.2. The van der Waals surface area contributed by atoms with Crippen LogP contribution in [0, 0.1) is 19.8 Å². The van der Waals surface area contributed by atoms with Crippen LogP contribution in [0.1, 0.15) is 23.0 Å². The van der Waals surface area contributed by atoms with Crippen LogP contribution >= 0.6 is 0 Å². The van der Waals surface area contributed by atoms with Crippen molar-refractivity contribution in [3.05, 3.63) is 47.4 Å². The van der Waals surface area contributed by atoms with Gasteiger partial charge in [-0.3, -0.25) is 4.79 Å². The van der Waals surface area contributed by atoms with Gasteiger partial charge in [-0.2, -0.15) is 0 Å². The Morgan fingerprint density at radius 1 is 1.21 bits per heavy atom. The summed E-state index contributed by atoms with van der Waals surface area (Å²) < 4.78 is 4.99. The monoisotopic (exact) mass is 327 g/mol. The lowest BCUT2D eigenvalue weighted by atomic mass is 9.89. The van der Waals surface area contributed by atoms with E-state index >= 15 is 0 Å². The number of carbonyl (C=O) groups excluding carboxylic acids is 1. The fourth-order valence-corrected chi connectivity index (χ4v) is 3.30. The standard InChI is InChI=1S/C18H21N3O3/c1-11-8-17(20-12(2)19-11)21-9-15(16(10-21)18(23)24-3)13-4-6-14(22)7-5-13/h4-8,15-16,22H,9-10H2,1-3H3/t15-,16+/m1/s1. The Kier molecular flexibility index (Phi) is 4.38. The summed E-state index contributed by atoms with van der Waals surface area (Å²) in [5, 5.41) is 9.49. The zero-order valence-electron chi connectivity index (χ0n) is 14.1. The van der Waals surface area contributed by atoms with Crippen LogP contribution in [0.3, 0.4) is 0 Å². The number of aromatic nitrogens is 2. The minimum atomic E-state index is -0.268. The van der Waals surface area contributed by atoms with E-state index in [1.54, 1.807) is 12.1 Å². The third-order valence-electron chi connectivity index (χ3n) is 4.42. The average Bonchev–Trinajstić information content (AvgIpc) is 2.99. The molecule has 1 N–H and O–H groups in total. The second-order valence-electron chi connectivity index (χ2n) is 6.15. The Hall–Kier alpha value is -2.63. The van der Waals surface area contributed by atoms with Gasteiger partial charge in [0.2, 0.25) is 0 Å². The predicted molar refractivity (Wildman–Crippen MR) is 90.1 cm³/mol. The number of hydrogen-bond acceptors (Lipinski definition) is 6. The Morgan fingerprint density at radius 3 is 2.54 bits per heavy atom. The molecule has 3 rings (SSSR count). The second kappa shape index (κ2) is 6.47. The van der Waals surface area contributed by atoms with E-state index in [4.69, 9.17) is 4.74 Å². The zero-order chi connectivity index (χ0) is 17.3. The Labute approximate surface area is 141 Å². The highest BCUT2D eigenvalue weighted by Gasteiger charge is 2.39. The van der Waals surface area contributed by atoms with Crippen molar-refractivity contribution in [3.63, 3.8) is 0 Å². The van der Waals surface area contributed by atoms with Crippen LogP contribution in [0.2, 0.25) is 0 Å². The first-order chi connectivity index (χ1) is 11.5. The SMILES string of the molecule is COC(=O)[C@H]1CN(c2cc(C)nc(C)n2)C[C@@H]1c1ccc(O)cc1. The van der Waals surface area contributed by atoms with Crippen molar-refractivity contribution in [2.45, 2.75) is 19.8 Å². The number of aryl methyl sites for hydroxylation is 2. The molecule has 126 valence electrons. The highest BCUT2D eigenvalue weighted by Crippen LogP contribution is 2.36. The zero-order valence-corrected chi connectivity index (χ0v) is 14.1. The van der Waals surface area contributed by atoms with Gasteiger partial charge in [0.15, 0.2) is 0 Å². The quantitative estimate of drug-likeness (QED) is 0.871. The van der Waals surface area contributed by atoms with E-state index in [2.05, 4.69) is 14.9 Å². The topological polar surface area (TPSA) is 75.5 Å². The molecule has 0 radical (unpaired) electrons. The third kappa shape index (κ3) is 3.18. The van der Waals surface area contributed by atoms with Gasteiger partial charge in [-0.05, 0) is 31.5 Å². The summed E-state index contributed by atoms with van der Waals surface area (Å²) in [4.78, 5) is 23.1. The molecule has 6 heteroatoms. The van der Waals surface area contributed by atoms with Crippen molar-refractivity contribution < 1.29 is 14.6 Å². The molecule has 1 fully saturated rings. The van der Waals surface area contributed by atoms with E-state index in [1.165, 1.54) is 7.11 Å². The number of hydrogen-bond donors (Lipinski definition) is 1. The molecule has 0 bridgehead atoms. The van der Waals surface area contributed by atoms with Gasteiger partial charge < -0.3 is 14.7 Å².